The molecular weight excluding hydrogens is 654 g/mol. The van der Waals surface area contributed by atoms with Crippen molar-refractivity contribution in [2.75, 3.05) is 0 Å². The first kappa shape index (κ1) is 127. The summed E-state index contributed by atoms with van der Waals surface area (Å²) in [6.07, 6.45) is 0. The van der Waals surface area contributed by atoms with Crippen LogP contribution in [0.2, 0.25) is 0 Å². The van der Waals surface area contributed by atoms with E-state index in [2.05, 4.69) is 0 Å². The summed E-state index contributed by atoms with van der Waals surface area (Å²) in [5, 5.41) is 0. The van der Waals surface area contributed by atoms with Gasteiger partial charge in [-0.15, -0.1) is 0 Å². The fraction of sp³-hybridized carbons (Fsp3) is 0. The molecular formula is H15K9Na9O4P. The summed E-state index contributed by atoms with van der Waals surface area (Å²) in [6.45, 7) is 0. The van der Waals surface area contributed by atoms with Crippen LogP contribution in [0.3, 0.4) is 0 Å². The molecule has 0 aromatic rings. The molecule has 0 rings (SSSR count). The van der Waals surface area contributed by atoms with Gasteiger partial charge in [-0.05, 0) is 0 Å². The van der Waals surface area contributed by atoms with Crippen molar-refractivity contribution in [3.63, 3.8) is 0 Å². The molecule has 0 aromatic heterocycles. The summed E-state index contributed by atoms with van der Waals surface area (Å²) in [7, 11) is -5.39. The molecule has 23 heavy (non-hydrogen) atoms. The van der Waals surface area contributed by atoms with Crippen LogP contribution in [0.1, 0.15) is 0 Å². The molecule has 0 saturated carbocycles. The van der Waals surface area contributed by atoms with Crippen LogP contribution in [0.4, 0.5) is 0 Å². The molecule has 0 spiro atoms. The second-order valence-electron chi connectivity index (χ2n) is 0.447. The van der Waals surface area contributed by atoms with Crippen molar-refractivity contribution in [1.82, 2.24) is 0 Å². The Balaban J connectivity index is -0.000000000523. The van der Waals surface area contributed by atoms with Crippen LogP contribution >= 0.6 is 7.82 Å². The first-order valence-corrected chi connectivity index (χ1v) is 2.19. The minimum atomic E-state index is -5.39. The third kappa shape index (κ3) is 155. The van der Waals surface area contributed by atoms with Crippen LogP contribution in [-0.4, -0.2) is 640 Å². The summed E-state index contributed by atoms with van der Waals surface area (Å²) in [5.74, 6) is 0. The van der Waals surface area contributed by atoms with Gasteiger partial charge in [-0.25, -0.2) is 0 Å². The van der Waals surface area contributed by atoms with Crippen molar-refractivity contribution < 1.29 is 108 Å². The van der Waals surface area contributed by atoms with Crippen molar-refractivity contribution >= 4 is 648 Å². The molecule has 0 N–H and O–H groups in total. The Morgan fingerprint density at radius 1 is 0.391 bits per heavy atom. The Morgan fingerprint density at radius 2 is 0.391 bits per heavy atom. The zero-order valence-electron chi connectivity index (χ0n) is 5.08. The predicted molar refractivity (Wildman–Crippen MR) is 115 cm³/mol. The number of hydrogen-bond donors (Lipinski definition) is 0. The Bertz CT molecular complexity index is 85.2. The van der Waals surface area contributed by atoms with Crippen molar-refractivity contribution in [2.24, 2.45) is 0 Å². The Labute approximate surface area is 724 Å². The van der Waals surface area contributed by atoms with Gasteiger partial charge in [0.1, 0.15) is 0 Å². The van der Waals surface area contributed by atoms with E-state index >= 15 is 0 Å². The van der Waals surface area contributed by atoms with Gasteiger partial charge in [-0.3, -0.25) is 0 Å². The van der Waals surface area contributed by atoms with E-state index in [-0.39, 0.29) is 728 Å². The van der Waals surface area contributed by atoms with Gasteiger partial charge in [0.05, 0.1) is 0 Å². The van der Waals surface area contributed by atoms with Crippen molar-refractivity contribution in [3.05, 3.63) is 0 Å². The molecule has 62 valence electrons. The number of rotatable bonds is 0. The van der Waals surface area contributed by atoms with Crippen molar-refractivity contribution in [2.45, 2.75) is 0 Å². The molecule has 0 aliphatic rings. The van der Waals surface area contributed by atoms with E-state index in [1.807, 2.05) is 0 Å². The fourth-order valence-electron chi connectivity index (χ4n) is 0. The third-order valence-corrected chi connectivity index (χ3v) is 0. The standard InChI is InChI=1S/9K.9Na.H3O4P.15H/c;;;;;;;;;;;;;;;;;;1-5(2,3)4;;;;;;;;;;;;;;;/h;;;;;;;;;;;;;;;;;;(H3,1,2,3,4);;;;;;;;;;;;;;;/q;;;;;;;;;;;;;;;3*+1;;;;;;;;;;;;;;;;/p-3. The van der Waals surface area contributed by atoms with E-state index in [0.29, 0.717) is 0 Å². The summed E-state index contributed by atoms with van der Waals surface area (Å²) in [4.78, 5) is 25.6. The summed E-state index contributed by atoms with van der Waals surface area (Å²) >= 11 is 0. The summed E-state index contributed by atoms with van der Waals surface area (Å²) < 4.78 is 8.55. The maximum absolute atomic E-state index is 8.55. The van der Waals surface area contributed by atoms with Crippen LogP contribution in [0, 0.1) is 0 Å². The van der Waals surface area contributed by atoms with Crippen LogP contribution < -0.4 is 103 Å². The average Bonchev–Trinajstić information content (AvgIpc) is 0.722. The van der Waals surface area contributed by atoms with Gasteiger partial charge in [0.25, 0.3) is 0 Å². The van der Waals surface area contributed by atoms with Crippen molar-refractivity contribution in [3.8, 4) is 0 Å². The maximum atomic E-state index is 8.55. The average molecular weight is 669 g/mol. The zero-order valence-corrected chi connectivity index (χ0v) is 12.0. The number of hydrogen-bond acceptors (Lipinski definition) is 4. The molecule has 23 heteroatoms. The molecule has 0 aliphatic heterocycles. The topological polar surface area (TPSA) is 86.2 Å². The molecule has 0 heterocycles. The molecule has 0 saturated heterocycles. The van der Waals surface area contributed by atoms with Gasteiger partial charge in [0.15, 0.2) is 0 Å². The monoisotopic (exact) mass is 668 g/mol. The van der Waals surface area contributed by atoms with E-state index in [0.717, 1.165) is 0 Å². The van der Waals surface area contributed by atoms with Crippen LogP contribution in [0.5, 0.6) is 0 Å². The van der Waals surface area contributed by atoms with E-state index < -0.39 is 7.82 Å². The van der Waals surface area contributed by atoms with Gasteiger partial charge in [-0.2, -0.15) is 7.82 Å². The molecule has 0 atom stereocenters. The summed E-state index contributed by atoms with van der Waals surface area (Å²) in [5.41, 5.74) is 0. The van der Waals surface area contributed by atoms with Gasteiger partial charge >= 0.3 is 728 Å². The molecule has 4 nitrogen and oxygen atoms in total. The SMILES string of the molecule is O=P([O-])([O-])[O-].[KH].[KH].[KH].[KH].[KH].[KH].[KH].[KH].[KH].[Na+].[Na+].[Na+].[NaH].[NaH].[NaH].[NaH].[NaH].[NaH]. The number of phosphoric acid groups is 1. The quantitative estimate of drug-likeness (QED) is 0.190. The fourth-order valence-corrected chi connectivity index (χ4v) is 0. The molecule has 0 radical (unpaired) electrons. The molecule has 0 amide bonds. The predicted octanol–water partition coefficient (Wildman–Crippen LogP) is -21.5. The van der Waals surface area contributed by atoms with E-state index in [1.54, 1.807) is 0 Å². The van der Waals surface area contributed by atoms with E-state index in [1.165, 1.54) is 0 Å². The summed E-state index contributed by atoms with van der Waals surface area (Å²) in [6, 6.07) is 0. The van der Waals surface area contributed by atoms with Crippen LogP contribution in [-0.2, 0) is 4.57 Å². The molecule has 0 aromatic carbocycles. The van der Waals surface area contributed by atoms with Crippen LogP contribution in [0.15, 0.2) is 0 Å². The van der Waals surface area contributed by atoms with Crippen molar-refractivity contribution in [1.29, 1.82) is 0 Å². The first-order chi connectivity index (χ1) is 2.00. The Hall–Kier alpha value is 23.8. The second-order valence-corrected chi connectivity index (χ2v) is 1.34. The second kappa shape index (κ2) is 104. The van der Waals surface area contributed by atoms with E-state index in [4.69, 9.17) is 19.2 Å². The molecule has 0 bridgehead atoms. The van der Waals surface area contributed by atoms with Crippen LogP contribution in [0.25, 0.3) is 0 Å². The molecule has 0 aliphatic carbocycles. The van der Waals surface area contributed by atoms with Gasteiger partial charge in [-0.1, -0.05) is 0 Å². The van der Waals surface area contributed by atoms with Gasteiger partial charge in [0.2, 0.25) is 0 Å². The molecule has 0 unspecified atom stereocenters. The van der Waals surface area contributed by atoms with E-state index in [9.17, 15) is 0 Å². The Kier molecular flexibility index (Phi) is 572. The normalized spacial score (nSPS) is 2.57. The van der Waals surface area contributed by atoms with Gasteiger partial charge < -0.3 is 19.2 Å². The minimum absolute atomic E-state index is 0. The first-order valence-electron chi connectivity index (χ1n) is 0.730. The third-order valence-electron chi connectivity index (χ3n) is 0. The Morgan fingerprint density at radius 3 is 0.391 bits per heavy atom. The zero-order chi connectivity index (χ0) is 4.50. The van der Waals surface area contributed by atoms with Gasteiger partial charge in [0, 0.05) is 0 Å². The molecule has 0 fully saturated rings.